The number of rotatable bonds is 6. The lowest BCUT2D eigenvalue weighted by molar-refractivity contribution is 1.28. The fourth-order valence-electron chi connectivity index (χ4n) is 6.29. The second kappa shape index (κ2) is 10.6. The summed E-state index contributed by atoms with van der Waals surface area (Å²) in [4.78, 5) is 2.28. The van der Waals surface area contributed by atoms with Gasteiger partial charge in [-0.2, -0.15) is 0 Å². The normalized spacial score (nSPS) is 11.6. The molecule has 0 aromatic heterocycles. The van der Waals surface area contributed by atoms with Gasteiger partial charge in [-0.05, 0) is 91.0 Å². The topological polar surface area (TPSA) is 3.24 Å². The molecule has 8 aromatic carbocycles. The van der Waals surface area contributed by atoms with Gasteiger partial charge in [0.05, 0.1) is 0 Å². The third kappa shape index (κ3) is 4.62. The van der Waals surface area contributed by atoms with Crippen molar-refractivity contribution in [3.8, 4) is 11.1 Å². The lowest BCUT2D eigenvalue weighted by Crippen LogP contribution is -2.09. The highest BCUT2D eigenvalue weighted by atomic mass is 15.1. The molecule has 0 bridgehead atoms. The molecule has 0 aliphatic rings. The SMILES string of the molecule is C(=C\c1ccc(N(c2ccccc2)c2ccccc2)cc1)/c1ccc(-c2ccc3ccc4cccc5ccc2c3c45)cc1. The third-order valence-electron chi connectivity index (χ3n) is 8.40. The zero-order chi connectivity index (χ0) is 28.6. The minimum Gasteiger partial charge on any atom is -0.311 e. The molecule has 0 aliphatic heterocycles. The number of para-hydroxylation sites is 2. The summed E-state index contributed by atoms with van der Waals surface area (Å²) in [6.07, 6.45) is 4.37. The average Bonchev–Trinajstić information content (AvgIpc) is 3.08. The Hall–Kier alpha value is -5.66. The molecular formula is C42H29N. The van der Waals surface area contributed by atoms with Gasteiger partial charge < -0.3 is 4.90 Å². The van der Waals surface area contributed by atoms with Crippen LogP contribution in [0.1, 0.15) is 11.1 Å². The minimum absolute atomic E-state index is 1.13. The fourth-order valence-corrected chi connectivity index (χ4v) is 6.29. The first-order valence-corrected chi connectivity index (χ1v) is 14.8. The van der Waals surface area contributed by atoms with E-state index in [2.05, 4.69) is 181 Å². The van der Waals surface area contributed by atoms with Gasteiger partial charge in [0.1, 0.15) is 0 Å². The molecule has 202 valence electrons. The van der Waals surface area contributed by atoms with Crippen molar-refractivity contribution in [1.82, 2.24) is 0 Å². The maximum Gasteiger partial charge on any atom is 0.0462 e. The molecule has 1 heteroatoms. The first-order valence-electron chi connectivity index (χ1n) is 14.8. The van der Waals surface area contributed by atoms with E-state index in [0.29, 0.717) is 0 Å². The smallest absolute Gasteiger partial charge is 0.0462 e. The van der Waals surface area contributed by atoms with Gasteiger partial charge in [-0.3, -0.25) is 0 Å². The van der Waals surface area contributed by atoms with E-state index in [9.17, 15) is 0 Å². The predicted molar refractivity (Wildman–Crippen MR) is 186 cm³/mol. The highest BCUT2D eigenvalue weighted by molar-refractivity contribution is 6.25. The lowest BCUT2D eigenvalue weighted by Gasteiger charge is -2.25. The number of nitrogens with zero attached hydrogens (tertiary/aromatic N) is 1. The molecule has 1 nitrogen and oxygen atoms in total. The molecular weight excluding hydrogens is 518 g/mol. The van der Waals surface area contributed by atoms with Crippen LogP contribution in [0, 0.1) is 0 Å². The van der Waals surface area contributed by atoms with Crippen LogP contribution in [-0.4, -0.2) is 0 Å². The first-order chi connectivity index (χ1) is 21.3. The van der Waals surface area contributed by atoms with E-state index in [0.717, 1.165) is 17.1 Å². The number of anilines is 3. The largest absolute Gasteiger partial charge is 0.311 e. The van der Waals surface area contributed by atoms with Crippen molar-refractivity contribution >= 4 is 61.5 Å². The summed E-state index contributed by atoms with van der Waals surface area (Å²) in [7, 11) is 0. The average molecular weight is 548 g/mol. The molecule has 0 heterocycles. The monoisotopic (exact) mass is 547 g/mol. The van der Waals surface area contributed by atoms with Crippen molar-refractivity contribution in [3.05, 3.63) is 175 Å². The van der Waals surface area contributed by atoms with Gasteiger partial charge in [0.2, 0.25) is 0 Å². The second-order valence-corrected chi connectivity index (χ2v) is 11.0. The second-order valence-electron chi connectivity index (χ2n) is 11.0. The molecule has 8 aromatic rings. The van der Waals surface area contributed by atoms with Crippen LogP contribution in [0.4, 0.5) is 17.1 Å². The Balaban J connectivity index is 1.07. The van der Waals surface area contributed by atoms with Gasteiger partial charge in [-0.25, -0.2) is 0 Å². The van der Waals surface area contributed by atoms with Gasteiger partial charge in [-0.15, -0.1) is 0 Å². The van der Waals surface area contributed by atoms with E-state index < -0.39 is 0 Å². The summed E-state index contributed by atoms with van der Waals surface area (Å²) >= 11 is 0. The maximum atomic E-state index is 2.29. The minimum atomic E-state index is 1.13. The quantitative estimate of drug-likeness (QED) is 0.148. The molecule has 0 amide bonds. The summed E-state index contributed by atoms with van der Waals surface area (Å²) in [5.41, 5.74) is 8.27. The molecule has 8 rings (SSSR count). The van der Waals surface area contributed by atoms with Gasteiger partial charge in [0.25, 0.3) is 0 Å². The summed E-state index contributed by atoms with van der Waals surface area (Å²) in [5.74, 6) is 0. The highest BCUT2D eigenvalue weighted by Crippen LogP contribution is 2.39. The standard InChI is InChI=1S/C42H29N/c1-3-10-36(11-4-1)43(37-12-5-2-6-13-37)38-26-18-31(19-27-38)15-14-30-16-20-32(21-17-30)39-28-24-35-23-22-33-8-7-9-34-25-29-40(39)42(35)41(33)34/h1-29H/b15-14+. The van der Waals surface area contributed by atoms with Gasteiger partial charge in [0, 0.05) is 17.1 Å². The molecule has 0 N–H and O–H groups in total. The molecule has 0 saturated heterocycles. The summed E-state index contributed by atoms with van der Waals surface area (Å²) < 4.78 is 0. The van der Waals surface area contributed by atoms with Crippen molar-refractivity contribution < 1.29 is 0 Å². The van der Waals surface area contributed by atoms with E-state index in [-0.39, 0.29) is 0 Å². The van der Waals surface area contributed by atoms with Gasteiger partial charge in [0.15, 0.2) is 0 Å². The van der Waals surface area contributed by atoms with Crippen molar-refractivity contribution in [2.24, 2.45) is 0 Å². The molecule has 0 radical (unpaired) electrons. The number of hydrogen-bond donors (Lipinski definition) is 0. The Morgan fingerprint density at radius 1 is 0.349 bits per heavy atom. The van der Waals surface area contributed by atoms with Crippen molar-refractivity contribution in [1.29, 1.82) is 0 Å². The van der Waals surface area contributed by atoms with E-state index >= 15 is 0 Å². The van der Waals surface area contributed by atoms with Crippen LogP contribution in [0.3, 0.4) is 0 Å². The predicted octanol–water partition coefficient (Wildman–Crippen LogP) is 11.9. The summed E-state index contributed by atoms with van der Waals surface area (Å²) in [6.45, 7) is 0. The molecule has 0 spiro atoms. The zero-order valence-corrected chi connectivity index (χ0v) is 23.7. The van der Waals surface area contributed by atoms with Crippen LogP contribution in [0.25, 0.3) is 55.6 Å². The number of benzene rings is 8. The number of hydrogen-bond acceptors (Lipinski definition) is 1. The molecule has 43 heavy (non-hydrogen) atoms. The maximum absolute atomic E-state index is 2.29. The van der Waals surface area contributed by atoms with Crippen LogP contribution in [0.15, 0.2) is 164 Å². The van der Waals surface area contributed by atoms with E-state index in [1.165, 1.54) is 54.6 Å². The fraction of sp³-hybridized carbons (Fsp3) is 0. The van der Waals surface area contributed by atoms with Crippen LogP contribution in [-0.2, 0) is 0 Å². The Bertz CT molecular complexity index is 2140. The summed E-state index contributed by atoms with van der Waals surface area (Å²) in [5, 5.41) is 7.93. The van der Waals surface area contributed by atoms with Crippen molar-refractivity contribution in [2.75, 3.05) is 4.90 Å². The Labute approximate surface area is 251 Å². The van der Waals surface area contributed by atoms with Crippen LogP contribution in [0.2, 0.25) is 0 Å². The molecule has 0 fully saturated rings. The molecule has 0 saturated carbocycles. The Kier molecular flexibility index (Phi) is 6.20. The van der Waals surface area contributed by atoms with Gasteiger partial charge in [-0.1, -0.05) is 140 Å². The van der Waals surface area contributed by atoms with Crippen LogP contribution in [0.5, 0.6) is 0 Å². The van der Waals surface area contributed by atoms with Crippen LogP contribution >= 0.6 is 0 Å². The van der Waals surface area contributed by atoms with Crippen LogP contribution < -0.4 is 4.90 Å². The van der Waals surface area contributed by atoms with Crippen molar-refractivity contribution in [3.63, 3.8) is 0 Å². The molecule has 0 atom stereocenters. The molecule has 0 unspecified atom stereocenters. The van der Waals surface area contributed by atoms with E-state index in [1.807, 2.05) is 0 Å². The Morgan fingerprint density at radius 3 is 1.44 bits per heavy atom. The van der Waals surface area contributed by atoms with Crippen molar-refractivity contribution in [2.45, 2.75) is 0 Å². The molecule has 0 aliphatic carbocycles. The Morgan fingerprint density at radius 2 is 0.837 bits per heavy atom. The van der Waals surface area contributed by atoms with Gasteiger partial charge >= 0.3 is 0 Å². The lowest BCUT2D eigenvalue weighted by atomic mass is 9.90. The highest BCUT2D eigenvalue weighted by Gasteiger charge is 2.13. The first kappa shape index (κ1) is 25.1. The van der Waals surface area contributed by atoms with E-state index in [1.54, 1.807) is 0 Å². The zero-order valence-electron chi connectivity index (χ0n) is 23.7. The third-order valence-corrected chi connectivity index (χ3v) is 8.40. The summed E-state index contributed by atoms with van der Waals surface area (Å²) in [6, 6.07) is 58.8. The van der Waals surface area contributed by atoms with E-state index in [4.69, 9.17) is 0 Å².